The molecule has 0 spiro atoms. The van der Waals surface area contributed by atoms with Crippen LogP contribution < -0.4 is 10.1 Å². The number of imidazole rings is 1. The van der Waals surface area contributed by atoms with Crippen LogP contribution in [-0.2, 0) is 4.74 Å². The van der Waals surface area contributed by atoms with Gasteiger partial charge in [-0.3, -0.25) is 9.20 Å². The largest absolute Gasteiger partial charge is 0.478 e. The van der Waals surface area contributed by atoms with Crippen molar-refractivity contribution >= 4 is 17.4 Å². The highest BCUT2D eigenvalue weighted by Gasteiger charge is 2.55. The van der Waals surface area contributed by atoms with Crippen molar-refractivity contribution < 1.29 is 23.0 Å². The number of anilines is 1. The van der Waals surface area contributed by atoms with E-state index in [0.29, 0.717) is 23.4 Å². The van der Waals surface area contributed by atoms with E-state index < -0.39 is 18.0 Å². The number of fused-ring (bicyclic) bond motifs is 2. The highest BCUT2D eigenvalue weighted by Crippen LogP contribution is 2.57. The average molecular weight is 401 g/mol. The molecule has 4 heterocycles. The van der Waals surface area contributed by atoms with Crippen molar-refractivity contribution in [3.8, 4) is 5.88 Å². The predicted octanol–water partition coefficient (Wildman–Crippen LogP) is 2.68. The van der Waals surface area contributed by atoms with E-state index in [4.69, 9.17) is 9.47 Å². The van der Waals surface area contributed by atoms with Crippen molar-refractivity contribution in [1.29, 1.82) is 0 Å². The molecule has 0 bridgehead atoms. The van der Waals surface area contributed by atoms with Gasteiger partial charge in [-0.15, -0.1) is 0 Å². The first-order chi connectivity index (χ1) is 14.0. The molecule has 8 nitrogen and oxygen atoms in total. The molecule has 1 aliphatic carbocycles. The predicted molar refractivity (Wildman–Crippen MR) is 97.2 cm³/mol. The molecule has 1 saturated heterocycles. The van der Waals surface area contributed by atoms with Crippen LogP contribution in [0.3, 0.4) is 0 Å². The SMILES string of the molecule is COc1nc(NC(=O)c2cccc(C(F)F)n2)cn2cc(C3C4COCC43)nc12. The number of pyridine rings is 1. The van der Waals surface area contributed by atoms with Gasteiger partial charge in [0.1, 0.15) is 11.4 Å². The van der Waals surface area contributed by atoms with E-state index in [9.17, 15) is 13.6 Å². The zero-order chi connectivity index (χ0) is 20.1. The molecule has 2 atom stereocenters. The fourth-order valence-electron chi connectivity index (χ4n) is 3.91. The summed E-state index contributed by atoms with van der Waals surface area (Å²) in [5, 5.41) is 2.58. The van der Waals surface area contributed by atoms with Crippen molar-refractivity contribution in [1.82, 2.24) is 19.4 Å². The molecule has 10 heteroatoms. The second-order valence-corrected chi connectivity index (χ2v) is 7.13. The molecule has 3 aromatic heterocycles. The second kappa shape index (κ2) is 6.73. The van der Waals surface area contributed by atoms with Crippen molar-refractivity contribution in [3.63, 3.8) is 0 Å². The van der Waals surface area contributed by atoms with Gasteiger partial charge in [-0.2, -0.15) is 4.98 Å². The van der Waals surface area contributed by atoms with Crippen molar-refractivity contribution in [2.75, 3.05) is 25.6 Å². The van der Waals surface area contributed by atoms with Crippen LogP contribution in [0.4, 0.5) is 14.6 Å². The minimum atomic E-state index is -2.76. The Kier molecular flexibility index (Phi) is 4.16. The summed E-state index contributed by atoms with van der Waals surface area (Å²) in [6.07, 6.45) is 0.750. The summed E-state index contributed by atoms with van der Waals surface area (Å²) < 4.78 is 38.2. The first-order valence-corrected chi connectivity index (χ1v) is 9.13. The Labute approximate surface area is 163 Å². The average Bonchev–Trinajstić information content (AvgIpc) is 3.07. The smallest absolute Gasteiger partial charge is 0.280 e. The van der Waals surface area contributed by atoms with Crippen LogP contribution in [0.1, 0.15) is 34.2 Å². The summed E-state index contributed by atoms with van der Waals surface area (Å²) in [6.45, 7) is 1.51. The van der Waals surface area contributed by atoms with Crippen LogP contribution in [0.2, 0.25) is 0 Å². The lowest BCUT2D eigenvalue weighted by molar-refractivity contribution is 0.101. The number of methoxy groups -OCH3 is 1. The number of nitrogens with zero attached hydrogens (tertiary/aromatic N) is 4. The van der Waals surface area contributed by atoms with Gasteiger partial charge < -0.3 is 14.8 Å². The van der Waals surface area contributed by atoms with Crippen molar-refractivity contribution in [2.24, 2.45) is 11.8 Å². The van der Waals surface area contributed by atoms with Gasteiger partial charge in [-0.1, -0.05) is 6.07 Å². The normalized spacial score (nSPS) is 22.7. The van der Waals surface area contributed by atoms with Crippen molar-refractivity contribution in [3.05, 3.63) is 47.7 Å². The van der Waals surface area contributed by atoms with E-state index >= 15 is 0 Å². The third-order valence-electron chi connectivity index (χ3n) is 5.38. The molecule has 2 fully saturated rings. The van der Waals surface area contributed by atoms with Gasteiger partial charge in [-0.05, 0) is 24.0 Å². The maximum absolute atomic E-state index is 12.8. The molecule has 1 amide bonds. The van der Waals surface area contributed by atoms with E-state index in [1.807, 2.05) is 6.20 Å². The summed E-state index contributed by atoms with van der Waals surface area (Å²) >= 11 is 0. The summed E-state index contributed by atoms with van der Waals surface area (Å²) in [5.41, 5.74) is 0.903. The summed E-state index contributed by atoms with van der Waals surface area (Å²) in [6, 6.07) is 3.89. The molecule has 1 aliphatic heterocycles. The van der Waals surface area contributed by atoms with Gasteiger partial charge >= 0.3 is 0 Å². The number of halogens is 2. The van der Waals surface area contributed by atoms with Crippen LogP contribution in [-0.4, -0.2) is 45.6 Å². The van der Waals surface area contributed by atoms with Gasteiger partial charge in [0.2, 0.25) is 5.65 Å². The lowest BCUT2D eigenvalue weighted by atomic mass is 10.2. The van der Waals surface area contributed by atoms with Crippen molar-refractivity contribution in [2.45, 2.75) is 12.3 Å². The zero-order valence-electron chi connectivity index (χ0n) is 15.4. The van der Waals surface area contributed by atoms with E-state index in [0.717, 1.165) is 18.9 Å². The first-order valence-electron chi connectivity index (χ1n) is 9.13. The Morgan fingerprint density at radius 3 is 2.76 bits per heavy atom. The fraction of sp³-hybridized carbons (Fsp3) is 0.368. The molecule has 2 unspecified atom stereocenters. The number of rotatable bonds is 5. The molecule has 3 aromatic rings. The number of hydrogen-bond donors (Lipinski definition) is 1. The summed E-state index contributed by atoms with van der Waals surface area (Å²) in [5.74, 6) is 1.19. The van der Waals surface area contributed by atoms with Gasteiger partial charge in [0.15, 0.2) is 5.82 Å². The van der Waals surface area contributed by atoms with Gasteiger partial charge in [0, 0.05) is 12.1 Å². The second-order valence-electron chi connectivity index (χ2n) is 7.13. The molecule has 0 aromatic carbocycles. The highest BCUT2D eigenvalue weighted by atomic mass is 19.3. The van der Waals surface area contributed by atoms with Crippen LogP contribution in [0, 0.1) is 11.8 Å². The maximum Gasteiger partial charge on any atom is 0.280 e. The Hall–Kier alpha value is -3.14. The third-order valence-corrected chi connectivity index (χ3v) is 5.38. The van der Waals surface area contributed by atoms with Gasteiger partial charge in [-0.25, -0.2) is 18.7 Å². The minimum Gasteiger partial charge on any atom is -0.478 e. The number of aromatic nitrogens is 4. The number of hydrogen-bond acceptors (Lipinski definition) is 6. The quantitative estimate of drug-likeness (QED) is 0.707. The number of nitrogens with one attached hydrogen (secondary N) is 1. The lowest BCUT2D eigenvalue weighted by Crippen LogP contribution is -2.16. The minimum absolute atomic E-state index is 0.124. The van der Waals surface area contributed by atoms with E-state index in [-0.39, 0.29) is 17.4 Å². The van der Waals surface area contributed by atoms with E-state index in [2.05, 4.69) is 20.3 Å². The van der Waals surface area contributed by atoms with Crippen LogP contribution in [0.15, 0.2) is 30.6 Å². The Bertz CT molecular complexity index is 1090. The van der Waals surface area contributed by atoms with Crippen LogP contribution in [0.5, 0.6) is 5.88 Å². The Morgan fingerprint density at radius 1 is 1.24 bits per heavy atom. The highest BCUT2D eigenvalue weighted by molar-refractivity contribution is 6.02. The first kappa shape index (κ1) is 17.9. The fourth-order valence-corrected chi connectivity index (χ4v) is 3.91. The number of carbonyl (C=O) groups excluding carboxylic acids is 1. The third kappa shape index (κ3) is 3.09. The topological polar surface area (TPSA) is 90.6 Å². The summed E-state index contributed by atoms with van der Waals surface area (Å²) in [7, 11) is 1.47. The van der Waals surface area contributed by atoms with Crippen LogP contribution >= 0.6 is 0 Å². The van der Waals surface area contributed by atoms with Gasteiger partial charge in [0.25, 0.3) is 18.2 Å². The standard InChI is InChI=1S/C19H17F2N5O3/c1-28-19-17-23-13(15-9-7-29-8-10(9)15)5-26(17)6-14(25-19)24-18(27)12-4-2-3-11(22-12)16(20)21/h2-6,9-10,15-16H,7-8H2,1H3,(H,24,27). The molecule has 1 N–H and O–H groups in total. The maximum atomic E-state index is 12.8. The lowest BCUT2D eigenvalue weighted by Gasteiger charge is -2.08. The zero-order valence-corrected chi connectivity index (χ0v) is 15.4. The molecule has 2 aliphatic rings. The number of amides is 1. The molecule has 1 saturated carbocycles. The monoisotopic (exact) mass is 401 g/mol. The van der Waals surface area contributed by atoms with Gasteiger partial charge in [0.05, 0.1) is 32.2 Å². The molecule has 150 valence electrons. The molecule has 29 heavy (non-hydrogen) atoms. The Balaban J connectivity index is 1.43. The van der Waals surface area contributed by atoms with E-state index in [1.54, 1.807) is 10.6 Å². The molecular weight excluding hydrogens is 384 g/mol. The molecule has 0 radical (unpaired) electrons. The molecular formula is C19H17F2N5O3. The molecule has 5 rings (SSSR count). The van der Waals surface area contributed by atoms with Crippen LogP contribution in [0.25, 0.3) is 5.65 Å². The Morgan fingerprint density at radius 2 is 2.03 bits per heavy atom. The number of ether oxygens (including phenoxy) is 2. The number of carbonyl (C=O) groups is 1. The van der Waals surface area contributed by atoms with E-state index in [1.165, 1.54) is 25.3 Å². The number of alkyl halides is 2. The summed E-state index contributed by atoms with van der Waals surface area (Å²) in [4.78, 5) is 25.1.